The van der Waals surface area contributed by atoms with Crippen LogP contribution in [0.1, 0.15) is 53.3 Å². The minimum absolute atomic E-state index is 0.0254. The number of rotatable bonds is 7. The molecule has 1 aliphatic carbocycles. The predicted molar refractivity (Wildman–Crippen MR) is 111 cm³/mol. The van der Waals surface area contributed by atoms with Gasteiger partial charge in [-0.15, -0.1) is 11.3 Å². The Kier molecular flexibility index (Phi) is 5.16. The summed E-state index contributed by atoms with van der Waals surface area (Å²) < 4.78 is 13.9. The van der Waals surface area contributed by atoms with Crippen LogP contribution in [0, 0.1) is 6.92 Å². The summed E-state index contributed by atoms with van der Waals surface area (Å²) in [5, 5.41) is 12.2. The van der Waals surface area contributed by atoms with Crippen LogP contribution < -0.4 is 9.64 Å². The maximum absolute atomic E-state index is 13.6. The molecule has 2 unspecified atom stereocenters. The van der Waals surface area contributed by atoms with Crippen LogP contribution in [0.15, 0.2) is 5.38 Å². The molecule has 2 atom stereocenters. The van der Waals surface area contributed by atoms with Crippen molar-refractivity contribution in [2.45, 2.75) is 64.1 Å². The molecule has 1 saturated carbocycles. The summed E-state index contributed by atoms with van der Waals surface area (Å²) in [5.74, 6) is 0.442. The molecule has 9 nitrogen and oxygen atoms in total. The van der Waals surface area contributed by atoms with Crippen molar-refractivity contribution in [3.63, 3.8) is 0 Å². The minimum atomic E-state index is -0.307. The molecular formula is C20H27N5O4S. The molecule has 5 rings (SSSR count). The quantitative estimate of drug-likeness (QED) is 0.667. The molecule has 2 fully saturated rings. The molecule has 0 aromatic carbocycles. The zero-order chi connectivity index (χ0) is 20.8. The number of nitrogens with zero attached hydrogens (tertiary/aromatic N) is 5. The molecule has 2 aliphatic heterocycles. The van der Waals surface area contributed by atoms with Crippen LogP contribution in [0.25, 0.3) is 0 Å². The number of ether oxygens (including phenoxy) is 2. The first-order chi connectivity index (χ1) is 14.6. The number of hydrogen-bond acceptors (Lipinski definition) is 8. The van der Waals surface area contributed by atoms with Crippen LogP contribution in [-0.4, -0.2) is 69.2 Å². The van der Waals surface area contributed by atoms with Gasteiger partial charge in [0.2, 0.25) is 0 Å². The van der Waals surface area contributed by atoms with Crippen molar-refractivity contribution < 1.29 is 19.4 Å². The first kappa shape index (κ1) is 19.8. The third-order valence-electron chi connectivity index (χ3n) is 5.94. The smallest absolute Gasteiger partial charge is 0.299 e. The number of thiazole rings is 1. The molecule has 2 aromatic heterocycles. The highest BCUT2D eigenvalue weighted by Gasteiger charge is 2.54. The van der Waals surface area contributed by atoms with Crippen molar-refractivity contribution >= 4 is 23.1 Å². The maximum Gasteiger partial charge on any atom is 0.299 e. The fourth-order valence-corrected chi connectivity index (χ4v) is 5.09. The fraction of sp³-hybridized carbons (Fsp3) is 0.650. The number of amides is 1. The first-order valence-electron chi connectivity index (χ1n) is 10.5. The highest BCUT2D eigenvalue weighted by molar-refractivity contribution is 7.09. The molecule has 1 amide bonds. The van der Waals surface area contributed by atoms with E-state index in [1.807, 2.05) is 28.8 Å². The van der Waals surface area contributed by atoms with Crippen LogP contribution in [0.2, 0.25) is 0 Å². The van der Waals surface area contributed by atoms with E-state index >= 15 is 0 Å². The zero-order valence-corrected chi connectivity index (χ0v) is 18.1. The Balaban J connectivity index is 1.56. The largest absolute Gasteiger partial charge is 0.461 e. The number of hydrogen-bond donors (Lipinski definition) is 1. The minimum Gasteiger partial charge on any atom is -0.461 e. The van der Waals surface area contributed by atoms with Gasteiger partial charge in [0.15, 0.2) is 24.0 Å². The van der Waals surface area contributed by atoms with E-state index in [2.05, 4.69) is 4.98 Å². The Morgan fingerprint density at radius 3 is 2.80 bits per heavy atom. The van der Waals surface area contributed by atoms with Crippen molar-refractivity contribution in [2.75, 3.05) is 25.1 Å². The van der Waals surface area contributed by atoms with Gasteiger partial charge in [-0.2, -0.15) is 4.98 Å². The molecule has 4 heterocycles. The molecular weight excluding hydrogens is 406 g/mol. The van der Waals surface area contributed by atoms with E-state index in [4.69, 9.17) is 14.5 Å². The van der Waals surface area contributed by atoms with Crippen molar-refractivity contribution in [1.29, 1.82) is 0 Å². The second-order valence-electron chi connectivity index (χ2n) is 8.16. The Bertz CT molecular complexity index is 938. The Morgan fingerprint density at radius 2 is 2.10 bits per heavy atom. The van der Waals surface area contributed by atoms with Crippen molar-refractivity contribution in [3.8, 4) is 6.01 Å². The summed E-state index contributed by atoms with van der Waals surface area (Å²) in [4.78, 5) is 26.6. The van der Waals surface area contributed by atoms with Crippen LogP contribution in [0.5, 0.6) is 6.01 Å². The number of imidazole rings is 1. The highest BCUT2D eigenvalue weighted by Crippen LogP contribution is 2.41. The summed E-state index contributed by atoms with van der Waals surface area (Å²) in [6.45, 7) is 2.86. The summed E-state index contributed by atoms with van der Waals surface area (Å²) in [5.41, 5.74) is 1.47. The second-order valence-corrected chi connectivity index (χ2v) is 9.11. The molecule has 1 saturated heterocycles. The summed E-state index contributed by atoms with van der Waals surface area (Å²) >= 11 is 1.57. The van der Waals surface area contributed by atoms with Crippen molar-refractivity contribution in [2.24, 2.45) is 0 Å². The van der Waals surface area contributed by atoms with Crippen LogP contribution in [0.4, 0.5) is 5.82 Å². The van der Waals surface area contributed by atoms with E-state index in [9.17, 15) is 9.90 Å². The van der Waals surface area contributed by atoms with E-state index in [1.165, 1.54) is 0 Å². The SMILES string of the molecule is Cc1csc(Cn2c(OC3CCCC3)nc3c2C(=O)N(CCCO)C2OC2N3C)n1. The number of anilines is 1. The number of carbonyl (C=O) groups excluding carboxylic acids is 1. The molecule has 0 radical (unpaired) electrons. The van der Waals surface area contributed by atoms with Crippen LogP contribution in [-0.2, 0) is 11.3 Å². The lowest BCUT2D eigenvalue weighted by molar-refractivity contribution is 0.0643. The Labute approximate surface area is 179 Å². The molecule has 0 spiro atoms. The monoisotopic (exact) mass is 433 g/mol. The van der Waals surface area contributed by atoms with Gasteiger partial charge in [0.1, 0.15) is 11.1 Å². The zero-order valence-electron chi connectivity index (χ0n) is 17.3. The number of aryl methyl sites for hydroxylation is 1. The lowest BCUT2D eigenvalue weighted by Gasteiger charge is -2.20. The number of aliphatic hydroxyl groups excluding tert-OH is 1. The maximum atomic E-state index is 13.6. The molecule has 10 heteroatoms. The summed E-state index contributed by atoms with van der Waals surface area (Å²) in [6, 6.07) is 0.473. The van der Waals surface area contributed by atoms with Crippen molar-refractivity contribution in [3.05, 3.63) is 21.8 Å². The van der Waals surface area contributed by atoms with Gasteiger partial charge in [-0.05, 0) is 39.0 Å². The molecule has 3 aliphatic rings. The molecule has 30 heavy (non-hydrogen) atoms. The third kappa shape index (κ3) is 3.46. The van der Waals surface area contributed by atoms with E-state index < -0.39 is 0 Å². The normalized spacial score (nSPS) is 23.5. The van der Waals surface area contributed by atoms with Gasteiger partial charge in [0, 0.05) is 31.3 Å². The molecule has 2 aromatic rings. The van der Waals surface area contributed by atoms with E-state index in [1.54, 1.807) is 16.2 Å². The number of fused-ring (bicyclic) bond motifs is 2. The van der Waals surface area contributed by atoms with Gasteiger partial charge >= 0.3 is 0 Å². The highest BCUT2D eigenvalue weighted by atomic mass is 32.1. The third-order valence-corrected chi connectivity index (χ3v) is 6.89. The first-order valence-corrected chi connectivity index (χ1v) is 11.4. The van der Waals surface area contributed by atoms with Crippen LogP contribution >= 0.6 is 11.3 Å². The van der Waals surface area contributed by atoms with E-state index in [0.717, 1.165) is 36.4 Å². The number of carbonyl (C=O) groups is 1. The Hall–Kier alpha value is -2.17. The predicted octanol–water partition coefficient (Wildman–Crippen LogP) is 1.97. The van der Waals surface area contributed by atoms with Crippen LogP contribution in [0.3, 0.4) is 0 Å². The molecule has 162 valence electrons. The average molecular weight is 434 g/mol. The lowest BCUT2D eigenvalue weighted by atomic mass is 10.3. The lowest BCUT2D eigenvalue weighted by Crippen LogP contribution is -2.37. The molecule has 1 N–H and O–H groups in total. The van der Waals surface area contributed by atoms with Gasteiger partial charge in [0.05, 0.1) is 6.54 Å². The molecule has 0 bridgehead atoms. The number of likely N-dealkylation sites (N-methyl/N-ethyl adjacent to an activating group) is 1. The van der Waals surface area contributed by atoms with E-state index in [-0.39, 0.29) is 31.1 Å². The van der Waals surface area contributed by atoms with E-state index in [0.29, 0.717) is 37.0 Å². The fourth-order valence-electron chi connectivity index (χ4n) is 4.33. The summed E-state index contributed by atoms with van der Waals surface area (Å²) in [6.07, 6.45) is 4.43. The number of aliphatic hydroxyl groups is 1. The number of aromatic nitrogens is 3. The summed E-state index contributed by atoms with van der Waals surface area (Å²) in [7, 11) is 1.90. The average Bonchev–Trinajstić information content (AvgIpc) is 3.04. The standard InChI is InChI=1S/C20H27N5O4S/c1-12-11-30-14(21-12)10-25-15-16(22-20(25)28-13-6-3-4-7-13)23(2)18-19(29-18)24(17(15)27)8-5-9-26/h11,13,18-19,26H,3-10H2,1-2H3. The van der Waals surface area contributed by atoms with Gasteiger partial charge < -0.3 is 24.4 Å². The van der Waals surface area contributed by atoms with Gasteiger partial charge in [-0.25, -0.2) is 4.98 Å². The number of epoxide rings is 1. The van der Waals surface area contributed by atoms with Crippen molar-refractivity contribution in [1.82, 2.24) is 19.4 Å². The topological polar surface area (TPSA) is 96.2 Å². The van der Waals surface area contributed by atoms with Gasteiger partial charge in [-0.1, -0.05) is 0 Å². The Morgan fingerprint density at radius 1 is 1.30 bits per heavy atom. The van der Waals surface area contributed by atoms with Gasteiger partial charge in [-0.3, -0.25) is 9.36 Å². The second kappa shape index (κ2) is 7.82. The van der Waals surface area contributed by atoms with Gasteiger partial charge in [0.25, 0.3) is 11.9 Å².